The number of carbonyl (C=O) groups excluding carboxylic acids is 1. The van der Waals surface area contributed by atoms with Crippen LogP contribution >= 0.6 is 0 Å². The number of β-amino-alcohol motifs (C(OH)–C–C–N with tert-alkyl or cyclic N) is 1. The second-order valence-corrected chi connectivity index (χ2v) is 5.85. The van der Waals surface area contributed by atoms with Gasteiger partial charge in [0.1, 0.15) is 6.04 Å². The van der Waals surface area contributed by atoms with Crippen molar-refractivity contribution >= 4 is 12.0 Å². The zero-order valence-corrected chi connectivity index (χ0v) is 11.8. The van der Waals surface area contributed by atoms with E-state index in [4.69, 9.17) is 5.11 Å². The average Bonchev–Trinajstić information content (AvgIpc) is 2.78. The summed E-state index contributed by atoms with van der Waals surface area (Å²) >= 11 is 0. The maximum atomic E-state index is 12.1. The van der Waals surface area contributed by atoms with Crippen molar-refractivity contribution < 1.29 is 19.8 Å². The number of aliphatic hydroxyl groups excluding tert-OH is 1. The lowest BCUT2D eigenvalue weighted by atomic mass is 9.99. The van der Waals surface area contributed by atoms with Crippen molar-refractivity contribution in [1.29, 1.82) is 0 Å². The van der Waals surface area contributed by atoms with E-state index in [2.05, 4.69) is 17.3 Å². The Morgan fingerprint density at radius 1 is 1.35 bits per heavy atom. The number of aliphatic hydroxyl groups is 1. The van der Waals surface area contributed by atoms with E-state index in [1.54, 1.807) is 0 Å². The topological polar surface area (TPSA) is 93.1 Å². The number of nitrogens with zero attached hydrogens (tertiary/aromatic N) is 2. The van der Waals surface area contributed by atoms with Gasteiger partial charge in [-0.2, -0.15) is 0 Å². The number of rotatable bonds is 3. The van der Waals surface area contributed by atoms with Gasteiger partial charge in [-0.3, -0.25) is 0 Å². The van der Waals surface area contributed by atoms with Crippen LogP contribution in [0.3, 0.4) is 0 Å². The fourth-order valence-electron chi connectivity index (χ4n) is 3.05. The summed E-state index contributed by atoms with van der Waals surface area (Å²) in [5, 5.41) is 21.4. The molecular weight excluding hydrogens is 262 g/mol. The molecule has 3 atom stereocenters. The molecule has 20 heavy (non-hydrogen) atoms. The Balaban J connectivity index is 1.83. The quantitative estimate of drug-likeness (QED) is 0.653. The highest BCUT2D eigenvalue weighted by Crippen LogP contribution is 2.19. The highest BCUT2D eigenvalue weighted by Gasteiger charge is 2.39. The Kier molecular flexibility index (Phi) is 4.82. The molecule has 0 bridgehead atoms. The van der Waals surface area contributed by atoms with Crippen LogP contribution in [0.4, 0.5) is 4.79 Å². The summed E-state index contributed by atoms with van der Waals surface area (Å²) in [6, 6.07) is -1.30. The lowest BCUT2D eigenvalue weighted by Gasteiger charge is -2.30. The zero-order valence-electron chi connectivity index (χ0n) is 11.8. The summed E-state index contributed by atoms with van der Waals surface area (Å²) in [5.74, 6) is -0.650. The Bertz CT molecular complexity index is 377. The number of piperidine rings is 1. The molecule has 0 spiro atoms. The SMILES string of the molecule is CN1CCCC(CNC(=O)N2C[C@H](O)C[C@H]2C(=O)O)C1. The molecule has 2 fully saturated rings. The van der Waals surface area contributed by atoms with Crippen molar-refractivity contribution in [2.24, 2.45) is 5.92 Å². The van der Waals surface area contributed by atoms with Crippen LogP contribution in [-0.2, 0) is 4.79 Å². The predicted molar refractivity (Wildman–Crippen MR) is 72.4 cm³/mol. The van der Waals surface area contributed by atoms with E-state index in [0.717, 1.165) is 25.9 Å². The lowest BCUT2D eigenvalue weighted by Crippen LogP contribution is -2.48. The second-order valence-electron chi connectivity index (χ2n) is 5.85. The average molecular weight is 285 g/mol. The largest absolute Gasteiger partial charge is 0.480 e. The summed E-state index contributed by atoms with van der Waals surface area (Å²) < 4.78 is 0. The number of carboxylic acid groups (broad SMARTS) is 1. The molecule has 2 rings (SSSR count). The number of hydrogen-bond donors (Lipinski definition) is 3. The van der Waals surface area contributed by atoms with Gasteiger partial charge in [-0.15, -0.1) is 0 Å². The molecule has 1 unspecified atom stereocenters. The Morgan fingerprint density at radius 2 is 2.10 bits per heavy atom. The van der Waals surface area contributed by atoms with E-state index in [1.165, 1.54) is 4.90 Å². The highest BCUT2D eigenvalue weighted by molar-refractivity contribution is 5.83. The second kappa shape index (κ2) is 6.41. The van der Waals surface area contributed by atoms with Crippen LogP contribution in [-0.4, -0.2) is 77.4 Å². The molecule has 0 aromatic heterocycles. The van der Waals surface area contributed by atoms with Gasteiger partial charge in [-0.25, -0.2) is 9.59 Å². The predicted octanol–water partition coefficient (Wildman–Crippen LogP) is -0.442. The molecule has 0 saturated carbocycles. The van der Waals surface area contributed by atoms with Crippen molar-refractivity contribution in [2.75, 3.05) is 33.2 Å². The van der Waals surface area contributed by atoms with E-state index in [-0.39, 0.29) is 19.0 Å². The lowest BCUT2D eigenvalue weighted by molar-refractivity contribution is -0.141. The summed E-state index contributed by atoms with van der Waals surface area (Å²) in [6.45, 7) is 2.69. The molecule has 0 aromatic rings. The minimum atomic E-state index is -1.06. The molecule has 114 valence electrons. The van der Waals surface area contributed by atoms with E-state index in [0.29, 0.717) is 12.5 Å². The third kappa shape index (κ3) is 3.61. The molecule has 7 nitrogen and oxygen atoms in total. The van der Waals surface area contributed by atoms with Gasteiger partial charge in [-0.1, -0.05) is 0 Å². The monoisotopic (exact) mass is 285 g/mol. The van der Waals surface area contributed by atoms with Crippen molar-refractivity contribution in [3.63, 3.8) is 0 Å². The molecule has 2 aliphatic heterocycles. The van der Waals surface area contributed by atoms with E-state index < -0.39 is 18.1 Å². The molecule has 0 aliphatic carbocycles. The summed E-state index contributed by atoms with van der Waals surface area (Å²) in [7, 11) is 2.06. The van der Waals surface area contributed by atoms with Crippen LogP contribution in [0.25, 0.3) is 0 Å². The third-order valence-corrected chi connectivity index (χ3v) is 4.09. The molecule has 0 aromatic carbocycles. The van der Waals surface area contributed by atoms with E-state index >= 15 is 0 Å². The van der Waals surface area contributed by atoms with Gasteiger partial charge in [0.05, 0.1) is 6.10 Å². The third-order valence-electron chi connectivity index (χ3n) is 4.09. The van der Waals surface area contributed by atoms with Gasteiger partial charge in [0.2, 0.25) is 0 Å². The van der Waals surface area contributed by atoms with Crippen molar-refractivity contribution in [2.45, 2.75) is 31.4 Å². The molecule has 2 heterocycles. The standard InChI is InChI=1S/C13H23N3O4/c1-15-4-2-3-9(7-15)6-14-13(20)16-8-10(17)5-11(16)12(18)19/h9-11,17H,2-8H2,1H3,(H,14,20)(H,18,19)/t9?,10-,11+/m1/s1. The minimum Gasteiger partial charge on any atom is -0.480 e. The van der Waals surface area contributed by atoms with Crippen LogP contribution < -0.4 is 5.32 Å². The van der Waals surface area contributed by atoms with E-state index in [9.17, 15) is 14.7 Å². The molecule has 3 N–H and O–H groups in total. The molecular formula is C13H23N3O4. The minimum absolute atomic E-state index is 0.0906. The number of nitrogens with one attached hydrogen (secondary N) is 1. The summed E-state index contributed by atoms with van der Waals surface area (Å²) in [4.78, 5) is 26.6. The van der Waals surface area contributed by atoms with Crippen LogP contribution in [0, 0.1) is 5.92 Å². The first kappa shape index (κ1) is 15.1. The number of hydrogen-bond acceptors (Lipinski definition) is 4. The van der Waals surface area contributed by atoms with Crippen molar-refractivity contribution in [1.82, 2.24) is 15.1 Å². The van der Waals surface area contributed by atoms with Crippen LogP contribution in [0.1, 0.15) is 19.3 Å². The van der Waals surface area contributed by atoms with E-state index in [1.807, 2.05) is 0 Å². The first-order valence-corrected chi connectivity index (χ1v) is 7.11. The van der Waals surface area contributed by atoms with Gasteiger partial charge in [0.25, 0.3) is 0 Å². The van der Waals surface area contributed by atoms with Gasteiger partial charge < -0.3 is 25.3 Å². The number of likely N-dealkylation sites (tertiary alicyclic amines) is 2. The van der Waals surface area contributed by atoms with Gasteiger partial charge >= 0.3 is 12.0 Å². The van der Waals surface area contributed by atoms with Crippen LogP contribution in [0.2, 0.25) is 0 Å². The molecule has 2 saturated heterocycles. The number of aliphatic carboxylic acids is 1. The molecule has 0 radical (unpaired) electrons. The van der Waals surface area contributed by atoms with Crippen LogP contribution in [0.5, 0.6) is 0 Å². The Labute approximate surface area is 118 Å². The Hall–Kier alpha value is -1.34. The number of carbonyl (C=O) groups is 2. The van der Waals surface area contributed by atoms with Gasteiger partial charge in [0.15, 0.2) is 0 Å². The smallest absolute Gasteiger partial charge is 0.326 e. The zero-order chi connectivity index (χ0) is 14.7. The Morgan fingerprint density at radius 3 is 2.75 bits per heavy atom. The van der Waals surface area contributed by atoms with Crippen LogP contribution in [0.15, 0.2) is 0 Å². The highest BCUT2D eigenvalue weighted by atomic mass is 16.4. The maximum Gasteiger partial charge on any atom is 0.326 e. The molecule has 7 heteroatoms. The van der Waals surface area contributed by atoms with Crippen molar-refractivity contribution in [3.05, 3.63) is 0 Å². The summed E-state index contributed by atoms with van der Waals surface area (Å²) in [5.41, 5.74) is 0. The van der Waals surface area contributed by atoms with Crippen molar-refractivity contribution in [3.8, 4) is 0 Å². The van der Waals surface area contributed by atoms with Gasteiger partial charge in [0, 0.05) is 26.1 Å². The molecule has 2 amide bonds. The van der Waals surface area contributed by atoms with Gasteiger partial charge in [-0.05, 0) is 32.4 Å². The number of urea groups is 1. The first-order chi connectivity index (χ1) is 9.47. The molecule has 2 aliphatic rings. The fourth-order valence-corrected chi connectivity index (χ4v) is 3.05. The maximum absolute atomic E-state index is 12.1. The fraction of sp³-hybridized carbons (Fsp3) is 0.846. The summed E-state index contributed by atoms with van der Waals surface area (Å²) in [6.07, 6.45) is 1.56. The number of amides is 2. The first-order valence-electron chi connectivity index (χ1n) is 7.11. The normalized spacial score (nSPS) is 31.3. The number of carboxylic acids is 1.